The molecular formula is C16H20ClN3OS. The molecule has 0 saturated heterocycles. The van der Waals surface area contributed by atoms with E-state index in [1.54, 1.807) is 6.20 Å². The molecule has 2 aromatic rings. The summed E-state index contributed by atoms with van der Waals surface area (Å²) in [5.74, 6) is 0.346. The summed E-state index contributed by atoms with van der Waals surface area (Å²) in [5.41, 5.74) is 0.752. The van der Waals surface area contributed by atoms with Gasteiger partial charge in [-0.15, -0.1) is 0 Å². The molecule has 2 rings (SSSR count). The number of hydrogen-bond acceptors (Lipinski definition) is 3. The lowest BCUT2D eigenvalue weighted by atomic mass is 10.0. The fraction of sp³-hybridized carbons (Fsp3) is 0.375. The van der Waals surface area contributed by atoms with E-state index < -0.39 is 0 Å². The predicted octanol–water partition coefficient (Wildman–Crippen LogP) is 3.92. The van der Waals surface area contributed by atoms with Gasteiger partial charge in [0.25, 0.3) is 0 Å². The van der Waals surface area contributed by atoms with Crippen LogP contribution in [0.3, 0.4) is 0 Å². The molecule has 0 fully saturated rings. The number of nitrogens with one attached hydrogen (secondary N) is 1. The first kappa shape index (κ1) is 16.9. The highest BCUT2D eigenvalue weighted by molar-refractivity contribution is 7.99. The van der Waals surface area contributed by atoms with E-state index in [0.717, 1.165) is 17.3 Å². The molecule has 1 aromatic carbocycles. The number of halogens is 1. The molecule has 4 nitrogen and oxygen atoms in total. The van der Waals surface area contributed by atoms with Crippen molar-refractivity contribution in [2.75, 3.05) is 5.75 Å². The lowest BCUT2D eigenvalue weighted by Gasteiger charge is -2.24. The van der Waals surface area contributed by atoms with E-state index in [0.29, 0.717) is 10.8 Å². The standard InChI is InChI=1S/C16H20ClN3OS/c1-4-16(2,3)19-14(21)11-22-15-18-8-9-20(15)13-7-5-6-12(17)10-13/h5-10H,4,11H2,1-3H3,(H,19,21). The molecule has 1 N–H and O–H groups in total. The van der Waals surface area contributed by atoms with Crippen LogP contribution in [0.15, 0.2) is 41.8 Å². The second-order valence-electron chi connectivity index (χ2n) is 5.63. The Morgan fingerprint density at radius 2 is 2.23 bits per heavy atom. The molecule has 0 aliphatic heterocycles. The Kier molecular flexibility index (Phi) is 5.53. The average molecular weight is 338 g/mol. The highest BCUT2D eigenvalue weighted by atomic mass is 35.5. The third-order valence-electron chi connectivity index (χ3n) is 3.39. The molecule has 0 aliphatic carbocycles. The summed E-state index contributed by atoms with van der Waals surface area (Å²) in [6.45, 7) is 6.09. The molecule has 1 heterocycles. The van der Waals surface area contributed by atoms with Crippen LogP contribution in [0.1, 0.15) is 27.2 Å². The van der Waals surface area contributed by atoms with Crippen molar-refractivity contribution in [1.82, 2.24) is 14.9 Å². The van der Waals surface area contributed by atoms with Crippen LogP contribution in [0.2, 0.25) is 5.02 Å². The monoisotopic (exact) mass is 337 g/mol. The molecule has 22 heavy (non-hydrogen) atoms. The van der Waals surface area contributed by atoms with Gasteiger partial charge in [-0.25, -0.2) is 4.98 Å². The predicted molar refractivity (Wildman–Crippen MR) is 91.8 cm³/mol. The molecule has 0 radical (unpaired) electrons. The van der Waals surface area contributed by atoms with Crippen LogP contribution >= 0.6 is 23.4 Å². The second-order valence-corrected chi connectivity index (χ2v) is 7.01. The van der Waals surface area contributed by atoms with Crippen LogP contribution in [0.5, 0.6) is 0 Å². The summed E-state index contributed by atoms with van der Waals surface area (Å²) in [5, 5.41) is 4.46. The Labute approximate surface area is 140 Å². The highest BCUT2D eigenvalue weighted by Crippen LogP contribution is 2.22. The molecule has 0 atom stereocenters. The summed E-state index contributed by atoms with van der Waals surface area (Å²) in [6, 6.07) is 7.54. The van der Waals surface area contributed by atoms with E-state index in [1.807, 2.05) is 48.9 Å². The molecule has 1 aromatic heterocycles. The van der Waals surface area contributed by atoms with Gasteiger partial charge >= 0.3 is 0 Å². The van der Waals surface area contributed by atoms with Crippen molar-refractivity contribution >= 4 is 29.3 Å². The minimum absolute atomic E-state index is 0.0116. The van der Waals surface area contributed by atoms with Gasteiger partial charge in [0.15, 0.2) is 5.16 Å². The van der Waals surface area contributed by atoms with Crippen molar-refractivity contribution in [3.05, 3.63) is 41.7 Å². The zero-order valence-corrected chi connectivity index (χ0v) is 14.5. The minimum Gasteiger partial charge on any atom is -0.351 e. The summed E-state index contributed by atoms with van der Waals surface area (Å²) in [4.78, 5) is 16.3. The molecule has 0 bridgehead atoms. The number of benzene rings is 1. The second kappa shape index (κ2) is 7.20. The molecule has 1 amide bonds. The van der Waals surface area contributed by atoms with Crippen LogP contribution in [0, 0.1) is 0 Å². The van der Waals surface area contributed by atoms with Crippen molar-refractivity contribution in [1.29, 1.82) is 0 Å². The minimum atomic E-state index is -0.181. The zero-order valence-electron chi connectivity index (χ0n) is 13.0. The first-order valence-electron chi connectivity index (χ1n) is 7.14. The van der Waals surface area contributed by atoms with Gasteiger partial charge in [-0.3, -0.25) is 9.36 Å². The van der Waals surface area contributed by atoms with Crippen LogP contribution in [-0.4, -0.2) is 26.8 Å². The zero-order chi connectivity index (χ0) is 16.2. The van der Waals surface area contributed by atoms with Crippen LogP contribution in [0.25, 0.3) is 5.69 Å². The number of rotatable bonds is 6. The van der Waals surface area contributed by atoms with Gasteiger partial charge in [-0.05, 0) is 38.5 Å². The van der Waals surface area contributed by atoms with E-state index in [-0.39, 0.29) is 11.4 Å². The fourth-order valence-corrected chi connectivity index (χ4v) is 2.81. The smallest absolute Gasteiger partial charge is 0.230 e. The SMILES string of the molecule is CCC(C)(C)NC(=O)CSc1nccn1-c1cccc(Cl)c1. The maximum atomic E-state index is 12.0. The van der Waals surface area contributed by atoms with E-state index >= 15 is 0 Å². The molecule has 0 saturated carbocycles. The molecule has 0 unspecified atom stereocenters. The van der Waals surface area contributed by atoms with E-state index in [1.165, 1.54) is 11.8 Å². The number of carbonyl (C=O) groups excluding carboxylic acids is 1. The Morgan fingerprint density at radius 3 is 2.91 bits per heavy atom. The number of thioether (sulfide) groups is 1. The van der Waals surface area contributed by atoms with Crippen molar-refractivity contribution in [3.63, 3.8) is 0 Å². The normalized spacial score (nSPS) is 11.5. The van der Waals surface area contributed by atoms with Gasteiger partial charge in [0.1, 0.15) is 0 Å². The Morgan fingerprint density at radius 1 is 1.45 bits per heavy atom. The van der Waals surface area contributed by atoms with Gasteiger partial charge in [0, 0.05) is 28.6 Å². The molecular weight excluding hydrogens is 318 g/mol. The molecule has 118 valence electrons. The Balaban J connectivity index is 2.03. The number of aromatic nitrogens is 2. The van der Waals surface area contributed by atoms with Crippen LogP contribution < -0.4 is 5.32 Å². The molecule has 6 heteroatoms. The van der Waals surface area contributed by atoms with E-state index in [2.05, 4.69) is 17.2 Å². The maximum absolute atomic E-state index is 12.0. The maximum Gasteiger partial charge on any atom is 0.230 e. The van der Waals surface area contributed by atoms with Gasteiger partial charge < -0.3 is 5.32 Å². The molecule has 0 spiro atoms. The van der Waals surface area contributed by atoms with Crippen molar-refractivity contribution in [2.45, 2.75) is 37.9 Å². The lowest BCUT2D eigenvalue weighted by Crippen LogP contribution is -2.43. The Bertz CT molecular complexity index is 654. The van der Waals surface area contributed by atoms with E-state index in [4.69, 9.17) is 11.6 Å². The van der Waals surface area contributed by atoms with Crippen LogP contribution in [-0.2, 0) is 4.79 Å². The summed E-state index contributed by atoms with van der Waals surface area (Å²) >= 11 is 7.44. The largest absolute Gasteiger partial charge is 0.351 e. The third-order valence-corrected chi connectivity index (χ3v) is 4.59. The topological polar surface area (TPSA) is 46.9 Å². The summed E-state index contributed by atoms with van der Waals surface area (Å²) < 4.78 is 1.93. The van der Waals surface area contributed by atoms with Gasteiger partial charge in [0.05, 0.1) is 5.75 Å². The molecule has 0 aliphatic rings. The fourth-order valence-electron chi connectivity index (χ4n) is 1.85. The number of hydrogen-bond donors (Lipinski definition) is 1. The lowest BCUT2D eigenvalue weighted by molar-refractivity contribution is -0.120. The van der Waals surface area contributed by atoms with Gasteiger partial charge in [-0.1, -0.05) is 36.4 Å². The average Bonchev–Trinajstić information content (AvgIpc) is 2.93. The van der Waals surface area contributed by atoms with Crippen molar-refractivity contribution < 1.29 is 4.79 Å². The summed E-state index contributed by atoms with van der Waals surface area (Å²) in [6.07, 6.45) is 4.47. The van der Waals surface area contributed by atoms with E-state index in [9.17, 15) is 4.79 Å². The highest BCUT2D eigenvalue weighted by Gasteiger charge is 2.18. The number of amides is 1. The van der Waals surface area contributed by atoms with Gasteiger partial charge in [0.2, 0.25) is 5.91 Å². The third kappa shape index (κ3) is 4.52. The first-order valence-corrected chi connectivity index (χ1v) is 8.51. The summed E-state index contributed by atoms with van der Waals surface area (Å²) in [7, 11) is 0. The quantitative estimate of drug-likeness (QED) is 0.812. The van der Waals surface area contributed by atoms with Crippen molar-refractivity contribution in [3.8, 4) is 5.69 Å². The van der Waals surface area contributed by atoms with Gasteiger partial charge in [-0.2, -0.15) is 0 Å². The Hall–Kier alpha value is -1.46. The number of carbonyl (C=O) groups is 1. The number of nitrogens with zero attached hydrogens (tertiary/aromatic N) is 2. The first-order chi connectivity index (χ1) is 10.4. The van der Waals surface area contributed by atoms with Crippen LogP contribution in [0.4, 0.5) is 0 Å². The number of imidazole rings is 1. The van der Waals surface area contributed by atoms with Crippen molar-refractivity contribution in [2.24, 2.45) is 0 Å².